The molecule has 1 aliphatic heterocycles. The summed E-state index contributed by atoms with van der Waals surface area (Å²) in [6.07, 6.45) is 0. The van der Waals surface area contributed by atoms with Crippen LogP contribution in [-0.4, -0.2) is 37.6 Å². The molecule has 0 fully saturated rings. The standard InChI is InChI=1S/C20H24N2O4S/c1-13(22-19(24)17-5-4-10-27-17)18(23)21-12-20(2,3)14-6-7-15-16(11-14)26-9-8-25-15/h4-7,10-11,13H,8-9,12H2,1-3H3,(H,21,23)(H,22,24). The molecule has 144 valence electrons. The van der Waals surface area contributed by atoms with Gasteiger partial charge in [0.2, 0.25) is 5.91 Å². The molecule has 2 aromatic rings. The van der Waals surface area contributed by atoms with E-state index in [0.717, 1.165) is 17.1 Å². The molecule has 0 aliphatic carbocycles. The van der Waals surface area contributed by atoms with Crippen molar-refractivity contribution in [3.05, 3.63) is 46.2 Å². The number of fused-ring (bicyclic) bond motifs is 1. The van der Waals surface area contributed by atoms with Gasteiger partial charge in [-0.05, 0) is 36.1 Å². The third-order valence-corrected chi connectivity index (χ3v) is 5.38. The molecule has 0 spiro atoms. The molecular weight excluding hydrogens is 364 g/mol. The molecular formula is C20H24N2O4S. The molecule has 2 N–H and O–H groups in total. The van der Waals surface area contributed by atoms with Crippen LogP contribution in [0.5, 0.6) is 11.5 Å². The molecule has 7 heteroatoms. The Morgan fingerprint density at radius 2 is 1.93 bits per heavy atom. The van der Waals surface area contributed by atoms with Crippen molar-refractivity contribution in [3.8, 4) is 11.5 Å². The van der Waals surface area contributed by atoms with Gasteiger partial charge >= 0.3 is 0 Å². The highest BCUT2D eigenvalue weighted by atomic mass is 32.1. The Kier molecular flexibility index (Phi) is 5.70. The smallest absolute Gasteiger partial charge is 0.261 e. The Labute approximate surface area is 162 Å². The minimum absolute atomic E-state index is 0.217. The number of thiophene rings is 1. The van der Waals surface area contributed by atoms with E-state index < -0.39 is 6.04 Å². The van der Waals surface area contributed by atoms with Crippen molar-refractivity contribution < 1.29 is 19.1 Å². The number of ether oxygens (including phenoxy) is 2. The minimum Gasteiger partial charge on any atom is -0.486 e. The summed E-state index contributed by atoms with van der Waals surface area (Å²) in [4.78, 5) is 25.1. The lowest BCUT2D eigenvalue weighted by Gasteiger charge is -2.28. The maximum Gasteiger partial charge on any atom is 0.261 e. The van der Waals surface area contributed by atoms with Gasteiger partial charge in [-0.15, -0.1) is 11.3 Å². The fraction of sp³-hybridized carbons (Fsp3) is 0.400. The van der Waals surface area contributed by atoms with Gasteiger partial charge in [0, 0.05) is 12.0 Å². The van der Waals surface area contributed by atoms with E-state index in [0.29, 0.717) is 24.6 Å². The number of benzene rings is 1. The number of carbonyl (C=O) groups is 2. The van der Waals surface area contributed by atoms with Crippen LogP contribution >= 0.6 is 11.3 Å². The monoisotopic (exact) mass is 388 g/mol. The van der Waals surface area contributed by atoms with Gasteiger partial charge in [0.25, 0.3) is 5.91 Å². The Balaban J connectivity index is 1.57. The summed E-state index contributed by atoms with van der Waals surface area (Å²) in [6.45, 7) is 7.31. The summed E-state index contributed by atoms with van der Waals surface area (Å²) in [6, 6.07) is 8.77. The summed E-state index contributed by atoms with van der Waals surface area (Å²) in [5.74, 6) is 1.02. The lowest BCUT2D eigenvalue weighted by atomic mass is 9.84. The van der Waals surface area contributed by atoms with Crippen molar-refractivity contribution in [1.29, 1.82) is 0 Å². The first kappa shape index (κ1) is 19.2. The Morgan fingerprint density at radius 1 is 1.19 bits per heavy atom. The van der Waals surface area contributed by atoms with Gasteiger partial charge in [-0.3, -0.25) is 9.59 Å². The highest BCUT2D eigenvalue weighted by molar-refractivity contribution is 7.12. The van der Waals surface area contributed by atoms with Crippen molar-refractivity contribution in [3.63, 3.8) is 0 Å². The molecule has 1 atom stereocenters. The van der Waals surface area contributed by atoms with Crippen molar-refractivity contribution >= 4 is 23.2 Å². The van der Waals surface area contributed by atoms with Crippen molar-refractivity contribution in [2.45, 2.75) is 32.2 Å². The number of nitrogens with one attached hydrogen (secondary N) is 2. The van der Waals surface area contributed by atoms with Crippen molar-refractivity contribution in [1.82, 2.24) is 10.6 Å². The van der Waals surface area contributed by atoms with Gasteiger partial charge in [-0.25, -0.2) is 0 Å². The summed E-state index contributed by atoms with van der Waals surface area (Å²) < 4.78 is 11.2. The van der Waals surface area contributed by atoms with E-state index in [9.17, 15) is 9.59 Å². The Hall–Kier alpha value is -2.54. The number of hydrogen-bond donors (Lipinski definition) is 2. The van der Waals surface area contributed by atoms with Crippen LogP contribution in [-0.2, 0) is 10.2 Å². The molecule has 2 heterocycles. The third-order valence-electron chi connectivity index (χ3n) is 4.51. The van der Waals surface area contributed by atoms with Crippen LogP contribution in [0.15, 0.2) is 35.7 Å². The zero-order chi connectivity index (χ0) is 19.4. The average molecular weight is 388 g/mol. The molecule has 1 aliphatic rings. The van der Waals surface area contributed by atoms with Crippen molar-refractivity contribution in [2.75, 3.05) is 19.8 Å². The van der Waals surface area contributed by atoms with E-state index in [1.54, 1.807) is 19.1 Å². The van der Waals surface area contributed by atoms with Crippen LogP contribution in [0.3, 0.4) is 0 Å². The third kappa shape index (κ3) is 4.60. The Bertz CT molecular complexity index is 817. The fourth-order valence-electron chi connectivity index (χ4n) is 2.77. The first-order valence-electron chi connectivity index (χ1n) is 8.89. The van der Waals surface area contributed by atoms with Gasteiger partial charge in [-0.1, -0.05) is 26.0 Å². The topological polar surface area (TPSA) is 76.7 Å². The first-order chi connectivity index (χ1) is 12.9. The molecule has 1 aromatic heterocycles. The quantitative estimate of drug-likeness (QED) is 0.798. The number of hydrogen-bond acceptors (Lipinski definition) is 5. The predicted molar refractivity (Wildman–Crippen MR) is 105 cm³/mol. The van der Waals surface area contributed by atoms with E-state index >= 15 is 0 Å². The summed E-state index contributed by atoms with van der Waals surface area (Å²) >= 11 is 1.34. The molecule has 1 unspecified atom stereocenters. The van der Waals surface area contributed by atoms with E-state index in [-0.39, 0.29) is 17.2 Å². The lowest BCUT2D eigenvalue weighted by Crippen LogP contribution is -2.47. The zero-order valence-corrected chi connectivity index (χ0v) is 16.5. The van der Waals surface area contributed by atoms with Crippen molar-refractivity contribution in [2.24, 2.45) is 0 Å². The van der Waals surface area contributed by atoms with Gasteiger partial charge in [0.05, 0.1) is 4.88 Å². The number of rotatable bonds is 6. The molecule has 0 saturated heterocycles. The van der Waals surface area contributed by atoms with Crippen LogP contribution in [0.4, 0.5) is 0 Å². The van der Waals surface area contributed by atoms with E-state index in [4.69, 9.17) is 9.47 Å². The zero-order valence-electron chi connectivity index (χ0n) is 15.7. The normalized spacial score (nSPS) is 14.3. The van der Waals surface area contributed by atoms with Crippen LogP contribution in [0.25, 0.3) is 0 Å². The molecule has 2 amide bonds. The molecule has 0 saturated carbocycles. The second kappa shape index (κ2) is 8.00. The van der Waals surface area contributed by atoms with E-state index in [2.05, 4.69) is 10.6 Å². The Morgan fingerprint density at radius 3 is 2.63 bits per heavy atom. The van der Waals surface area contributed by atoms with Crippen LogP contribution < -0.4 is 20.1 Å². The number of carbonyl (C=O) groups excluding carboxylic acids is 2. The summed E-state index contributed by atoms with van der Waals surface area (Å²) in [7, 11) is 0. The fourth-order valence-corrected chi connectivity index (χ4v) is 3.40. The van der Waals surface area contributed by atoms with Crippen LogP contribution in [0, 0.1) is 0 Å². The maximum absolute atomic E-state index is 12.4. The second-order valence-corrected chi connectivity index (χ2v) is 8.08. The number of amides is 2. The molecule has 27 heavy (non-hydrogen) atoms. The lowest BCUT2D eigenvalue weighted by molar-refractivity contribution is -0.122. The molecule has 0 bridgehead atoms. The SMILES string of the molecule is CC(NC(=O)c1cccs1)C(=O)NCC(C)(C)c1ccc2c(c1)OCCO2. The van der Waals surface area contributed by atoms with E-state index in [1.807, 2.05) is 37.4 Å². The minimum atomic E-state index is -0.615. The van der Waals surface area contributed by atoms with Gasteiger partial charge in [0.15, 0.2) is 11.5 Å². The maximum atomic E-state index is 12.4. The molecule has 0 radical (unpaired) electrons. The van der Waals surface area contributed by atoms with E-state index in [1.165, 1.54) is 11.3 Å². The largest absolute Gasteiger partial charge is 0.486 e. The molecule has 1 aromatic carbocycles. The second-order valence-electron chi connectivity index (χ2n) is 7.13. The highest BCUT2D eigenvalue weighted by Gasteiger charge is 2.25. The summed E-state index contributed by atoms with van der Waals surface area (Å²) in [5, 5.41) is 7.48. The van der Waals surface area contributed by atoms with Gasteiger partial charge < -0.3 is 20.1 Å². The first-order valence-corrected chi connectivity index (χ1v) is 9.77. The van der Waals surface area contributed by atoms with Crippen LogP contribution in [0.2, 0.25) is 0 Å². The highest BCUT2D eigenvalue weighted by Crippen LogP contribution is 2.34. The van der Waals surface area contributed by atoms with Gasteiger partial charge in [0.1, 0.15) is 19.3 Å². The average Bonchev–Trinajstić information content (AvgIpc) is 3.20. The van der Waals surface area contributed by atoms with Gasteiger partial charge in [-0.2, -0.15) is 0 Å². The summed E-state index contributed by atoms with van der Waals surface area (Å²) in [5.41, 5.74) is 0.741. The van der Waals surface area contributed by atoms with Crippen LogP contribution in [0.1, 0.15) is 36.0 Å². The predicted octanol–water partition coefficient (Wildman–Crippen LogP) is 2.73. The molecule has 3 rings (SSSR count). The molecule has 6 nitrogen and oxygen atoms in total.